The monoisotopic (exact) mass is 369 g/mol. The summed E-state index contributed by atoms with van der Waals surface area (Å²) < 4.78 is 5.45. The lowest BCUT2D eigenvalue weighted by Crippen LogP contribution is -2.18. The molecule has 0 aliphatic rings. The van der Waals surface area contributed by atoms with Crippen LogP contribution in [0, 0.1) is 0 Å². The summed E-state index contributed by atoms with van der Waals surface area (Å²) in [6.07, 6.45) is 0. The summed E-state index contributed by atoms with van der Waals surface area (Å²) in [5.74, 6) is 0.709. The Labute approximate surface area is 157 Å². The van der Waals surface area contributed by atoms with E-state index in [0.29, 0.717) is 17.1 Å². The van der Waals surface area contributed by atoms with Crippen LogP contribution < -0.4 is 5.32 Å². The van der Waals surface area contributed by atoms with E-state index < -0.39 is 0 Å². The molecule has 3 rings (SSSR count). The third-order valence-corrected chi connectivity index (χ3v) is 4.27. The molecule has 5 nitrogen and oxygen atoms in total. The zero-order chi connectivity index (χ0) is 18.5. The second-order valence-corrected chi connectivity index (χ2v) is 6.57. The molecular weight excluding hydrogens is 350 g/mol. The number of hydrogen-bond acceptors (Lipinski definition) is 4. The molecule has 6 heteroatoms. The Morgan fingerprint density at radius 1 is 1.12 bits per heavy atom. The summed E-state index contributed by atoms with van der Waals surface area (Å²) in [5.41, 5.74) is 3.54. The van der Waals surface area contributed by atoms with Crippen molar-refractivity contribution in [3.63, 3.8) is 0 Å². The molecule has 0 fully saturated rings. The molecule has 134 valence electrons. The molecule has 0 atom stereocenters. The summed E-state index contributed by atoms with van der Waals surface area (Å²) in [4.78, 5) is 13.7. The van der Waals surface area contributed by atoms with Crippen molar-refractivity contribution in [3.05, 3.63) is 76.5 Å². The molecule has 0 radical (unpaired) electrons. The molecule has 0 bridgehead atoms. The predicted molar refractivity (Wildman–Crippen MR) is 102 cm³/mol. The average Bonchev–Trinajstić information content (AvgIpc) is 3.10. The first-order valence-corrected chi connectivity index (χ1v) is 8.64. The molecule has 1 N–H and O–H groups in total. The van der Waals surface area contributed by atoms with Gasteiger partial charge in [-0.1, -0.05) is 41.0 Å². The minimum absolute atomic E-state index is 0.0821. The highest BCUT2D eigenvalue weighted by molar-refractivity contribution is 6.30. The Balaban J connectivity index is 1.60. The normalized spacial score (nSPS) is 10.9. The second kappa shape index (κ2) is 8.17. The van der Waals surface area contributed by atoms with Crippen LogP contribution in [-0.4, -0.2) is 30.1 Å². The number of carbonyl (C=O) groups excluding carboxylic acids is 1. The number of rotatable bonds is 6. The molecule has 2 aromatic carbocycles. The fourth-order valence-corrected chi connectivity index (χ4v) is 2.81. The Bertz CT molecular complexity index is 873. The van der Waals surface area contributed by atoms with Gasteiger partial charge in [0.2, 0.25) is 0 Å². The van der Waals surface area contributed by atoms with E-state index >= 15 is 0 Å². The van der Waals surface area contributed by atoms with Crippen molar-refractivity contribution in [2.75, 3.05) is 14.1 Å². The van der Waals surface area contributed by atoms with Crippen molar-refractivity contribution in [3.8, 4) is 11.3 Å². The van der Waals surface area contributed by atoms with Gasteiger partial charge >= 0.3 is 0 Å². The fraction of sp³-hybridized carbons (Fsp3) is 0.200. The highest BCUT2D eigenvalue weighted by atomic mass is 35.5. The Kier molecular flexibility index (Phi) is 5.71. The van der Waals surface area contributed by atoms with Gasteiger partial charge in [-0.2, -0.15) is 0 Å². The van der Waals surface area contributed by atoms with Crippen LogP contribution >= 0.6 is 11.6 Å². The molecule has 26 heavy (non-hydrogen) atoms. The Morgan fingerprint density at radius 2 is 1.81 bits per heavy atom. The molecule has 0 spiro atoms. The lowest BCUT2D eigenvalue weighted by Gasteiger charge is -2.14. The number of halogens is 1. The van der Waals surface area contributed by atoms with Crippen LogP contribution in [0.15, 0.2) is 59.1 Å². The zero-order valence-electron chi connectivity index (χ0n) is 14.7. The lowest BCUT2D eigenvalue weighted by atomic mass is 10.1. The minimum Gasteiger partial charge on any atom is -0.359 e. The summed E-state index contributed by atoms with van der Waals surface area (Å²) in [7, 11) is 3.64. The van der Waals surface area contributed by atoms with E-state index in [0.717, 1.165) is 29.1 Å². The summed E-state index contributed by atoms with van der Waals surface area (Å²) in [6, 6.07) is 17.0. The van der Waals surface area contributed by atoms with Gasteiger partial charge in [0, 0.05) is 35.8 Å². The first-order valence-electron chi connectivity index (χ1n) is 8.26. The third-order valence-electron chi connectivity index (χ3n) is 4.02. The van der Waals surface area contributed by atoms with Gasteiger partial charge in [-0.3, -0.25) is 9.69 Å². The summed E-state index contributed by atoms with van der Waals surface area (Å²) in [6.45, 7) is 1.38. The molecule has 3 aromatic rings. The van der Waals surface area contributed by atoms with Crippen molar-refractivity contribution >= 4 is 17.5 Å². The van der Waals surface area contributed by atoms with Gasteiger partial charge in [-0.25, -0.2) is 0 Å². The topological polar surface area (TPSA) is 58.4 Å². The first-order chi connectivity index (χ1) is 12.5. The van der Waals surface area contributed by atoms with Crippen molar-refractivity contribution in [1.82, 2.24) is 15.4 Å². The van der Waals surface area contributed by atoms with Gasteiger partial charge < -0.3 is 9.84 Å². The van der Waals surface area contributed by atoms with Gasteiger partial charge in [-0.05, 0) is 36.9 Å². The van der Waals surface area contributed by atoms with Crippen LogP contribution in [0.5, 0.6) is 0 Å². The quantitative estimate of drug-likeness (QED) is 0.713. The van der Waals surface area contributed by atoms with Crippen molar-refractivity contribution in [1.29, 1.82) is 0 Å². The number of carbonyl (C=O) groups is 1. The average molecular weight is 370 g/mol. The van der Waals surface area contributed by atoms with Crippen molar-refractivity contribution < 1.29 is 9.32 Å². The number of hydrogen-bond donors (Lipinski definition) is 1. The van der Waals surface area contributed by atoms with Crippen LogP contribution in [0.2, 0.25) is 5.02 Å². The number of benzene rings is 2. The highest BCUT2D eigenvalue weighted by Gasteiger charge is 2.10. The third kappa shape index (κ3) is 4.50. The fourth-order valence-electron chi connectivity index (χ4n) is 2.68. The Hall–Kier alpha value is -2.63. The zero-order valence-corrected chi connectivity index (χ0v) is 15.5. The summed E-state index contributed by atoms with van der Waals surface area (Å²) in [5, 5.41) is 7.44. The maximum Gasteiger partial charge on any atom is 0.251 e. The van der Waals surface area contributed by atoms with E-state index in [-0.39, 0.29) is 5.91 Å². The lowest BCUT2D eigenvalue weighted by molar-refractivity contribution is 0.0963. The van der Waals surface area contributed by atoms with E-state index in [1.807, 2.05) is 61.6 Å². The van der Waals surface area contributed by atoms with Crippen molar-refractivity contribution in [2.45, 2.75) is 13.1 Å². The second-order valence-electron chi connectivity index (χ2n) is 6.13. The highest BCUT2D eigenvalue weighted by Crippen LogP contribution is 2.22. The number of nitrogens with one attached hydrogen (secondary N) is 1. The van der Waals surface area contributed by atoms with Gasteiger partial charge in [0.15, 0.2) is 5.76 Å². The van der Waals surface area contributed by atoms with Crippen LogP contribution in [0.25, 0.3) is 11.3 Å². The van der Waals surface area contributed by atoms with Gasteiger partial charge in [0.1, 0.15) is 5.69 Å². The van der Waals surface area contributed by atoms with E-state index in [9.17, 15) is 4.79 Å². The van der Waals surface area contributed by atoms with Crippen molar-refractivity contribution in [2.24, 2.45) is 0 Å². The van der Waals surface area contributed by atoms with E-state index in [1.165, 1.54) is 0 Å². The molecule has 0 aliphatic carbocycles. The standard InChI is InChI=1S/C20H20ClN3O2/c1-22-20(25)16-5-3-14(4-6-16)12-24(2)13-18-11-19(23-26-18)15-7-9-17(21)10-8-15/h3-11H,12-13H2,1-2H3,(H,22,25). The minimum atomic E-state index is -0.0821. The van der Waals surface area contributed by atoms with Crippen LogP contribution in [0.3, 0.4) is 0 Å². The molecular formula is C20H20ClN3O2. The van der Waals surface area contributed by atoms with E-state index in [4.69, 9.17) is 16.1 Å². The number of aromatic nitrogens is 1. The van der Waals surface area contributed by atoms with Gasteiger partial charge in [0.05, 0.1) is 6.54 Å². The van der Waals surface area contributed by atoms with Gasteiger partial charge in [-0.15, -0.1) is 0 Å². The summed E-state index contributed by atoms with van der Waals surface area (Å²) >= 11 is 5.91. The molecule has 0 saturated carbocycles. The number of amides is 1. The largest absolute Gasteiger partial charge is 0.359 e. The molecule has 0 saturated heterocycles. The van der Waals surface area contributed by atoms with E-state index in [2.05, 4.69) is 15.4 Å². The molecule has 0 unspecified atom stereocenters. The van der Waals surface area contributed by atoms with Crippen LogP contribution in [-0.2, 0) is 13.1 Å². The predicted octanol–water partition coefficient (Wildman–Crippen LogP) is 3.99. The molecule has 1 aromatic heterocycles. The molecule has 1 amide bonds. The van der Waals surface area contributed by atoms with Crippen LogP contribution in [0.4, 0.5) is 0 Å². The van der Waals surface area contributed by atoms with E-state index in [1.54, 1.807) is 7.05 Å². The Morgan fingerprint density at radius 3 is 2.46 bits per heavy atom. The molecule has 1 heterocycles. The number of nitrogens with zero attached hydrogens (tertiary/aromatic N) is 2. The van der Waals surface area contributed by atoms with Crippen LogP contribution in [0.1, 0.15) is 21.7 Å². The first kappa shape index (κ1) is 18.2. The maximum absolute atomic E-state index is 11.6. The van der Waals surface area contributed by atoms with Gasteiger partial charge in [0.25, 0.3) is 5.91 Å². The molecule has 0 aliphatic heterocycles. The smallest absolute Gasteiger partial charge is 0.251 e. The maximum atomic E-state index is 11.6. The SMILES string of the molecule is CNC(=O)c1ccc(CN(C)Cc2cc(-c3ccc(Cl)cc3)no2)cc1.